The molecular weight excluding hydrogens is 433 g/mol. The Morgan fingerprint density at radius 2 is 1.92 bits per heavy atom. The zero-order valence-corrected chi connectivity index (χ0v) is 15.2. The Kier molecular flexibility index (Phi) is 5.78. The summed E-state index contributed by atoms with van der Waals surface area (Å²) in [5.41, 5.74) is 0.609. The van der Waals surface area contributed by atoms with Crippen molar-refractivity contribution in [3.05, 3.63) is 70.7 Å². The second-order valence-electron chi connectivity index (χ2n) is 4.96. The highest BCUT2D eigenvalue weighted by Gasteiger charge is 2.06. The van der Waals surface area contributed by atoms with E-state index in [0.717, 1.165) is 3.57 Å². The third-order valence-electron chi connectivity index (χ3n) is 3.06. The Labute approximate surface area is 158 Å². The van der Waals surface area contributed by atoms with Crippen LogP contribution in [0.4, 0.5) is 5.69 Å². The number of halogens is 1. The molecule has 0 unspecified atom stereocenters. The molecule has 0 bridgehead atoms. The lowest BCUT2D eigenvalue weighted by atomic mass is 10.3. The minimum Gasteiger partial charge on any atom is -0.484 e. The van der Waals surface area contributed by atoms with Gasteiger partial charge in [-0.05, 0) is 59.0 Å². The fourth-order valence-corrected chi connectivity index (χ4v) is 2.33. The lowest BCUT2D eigenvalue weighted by Crippen LogP contribution is -2.20. The minimum atomic E-state index is -0.254. The van der Waals surface area contributed by atoms with Crippen LogP contribution in [-0.2, 0) is 4.79 Å². The summed E-state index contributed by atoms with van der Waals surface area (Å²) in [5.74, 6) is 1.33. The van der Waals surface area contributed by atoms with E-state index in [1.54, 1.807) is 36.7 Å². The van der Waals surface area contributed by atoms with Gasteiger partial charge in [0.05, 0.1) is 6.20 Å². The van der Waals surface area contributed by atoms with Gasteiger partial charge < -0.3 is 14.8 Å². The summed E-state index contributed by atoms with van der Waals surface area (Å²) in [5, 5.41) is 2.77. The number of carbonyl (C=O) groups is 1. The van der Waals surface area contributed by atoms with Gasteiger partial charge in [0, 0.05) is 27.7 Å². The van der Waals surface area contributed by atoms with Crippen molar-refractivity contribution in [3.63, 3.8) is 0 Å². The lowest BCUT2D eigenvalue weighted by Gasteiger charge is -2.09. The Morgan fingerprint density at radius 3 is 2.68 bits per heavy atom. The van der Waals surface area contributed by atoms with E-state index in [0.29, 0.717) is 23.1 Å². The number of hydrogen-bond donors (Lipinski definition) is 1. The molecule has 1 amide bonds. The Hall–Kier alpha value is -2.68. The predicted octanol–water partition coefficient (Wildman–Crippen LogP) is 3.89. The Morgan fingerprint density at radius 1 is 1.08 bits per heavy atom. The molecule has 1 aromatic heterocycles. The van der Waals surface area contributed by atoms with E-state index >= 15 is 0 Å². The molecule has 0 saturated heterocycles. The van der Waals surface area contributed by atoms with E-state index in [-0.39, 0.29) is 12.5 Å². The van der Waals surface area contributed by atoms with Crippen LogP contribution >= 0.6 is 22.6 Å². The van der Waals surface area contributed by atoms with Gasteiger partial charge >= 0.3 is 0 Å². The average molecular weight is 447 g/mol. The number of rotatable bonds is 6. The van der Waals surface area contributed by atoms with Crippen LogP contribution in [0.15, 0.2) is 67.1 Å². The van der Waals surface area contributed by atoms with Crippen molar-refractivity contribution in [2.24, 2.45) is 0 Å². The second kappa shape index (κ2) is 8.43. The van der Waals surface area contributed by atoms with Crippen LogP contribution in [0, 0.1) is 3.57 Å². The number of nitrogens with zero attached hydrogens (tertiary/aromatic N) is 2. The molecule has 1 N–H and O–H groups in total. The van der Waals surface area contributed by atoms with E-state index in [4.69, 9.17) is 9.47 Å². The summed E-state index contributed by atoms with van der Waals surface area (Å²) < 4.78 is 12.1. The number of benzene rings is 2. The van der Waals surface area contributed by atoms with Crippen LogP contribution in [0.1, 0.15) is 0 Å². The van der Waals surface area contributed by atoms with Crippen molar-refractivity contribution in [1.82, 2.24) is 9.97 Å². The zero-order chi connectivity index (χ0) is 17.5. The van der Waals surface area contributed by atoms with E-state index < -0.39 is 0 Å². The third-order valence-corrected chi connectivity index (χ3v) is 3.78. The quantitative estimate of drug-likeness (QED) is 0.581. The van der Waals surface area contributed by atoms with Crippen LogP contribution in [0.5, 0.6) is 17.4 Å². The van der Waals surface area contributed by atoms with Crippen LogP contribution in [0.3, 0.4) is 0 Å². The van der Waals surface area contributed by atoms with Crippen LogP contribution in [0.2, 0.25) is 0 Å². The van der Waals surface area contributed by atoms with Gasteiger partial charge in [-0.2, -0.15) is 0 Å². The van der Waals surface area contributed by atoms with Crippen LogP contribution in [0.25, 0.3) is 0 Å². The van der Waals surface area contributed by atoms with Crippen molar-refractivity contribution in [2.75, 3.05) is 11.9 Å². The van der Waals surface area contributed by atoms with Crippen molar-refractivity contribution in [1.29, 1.82) is 0 Å². The van der Waals surface area contributed by atoms with Gasteiger partial charge in [-0.1, -0.05) is 6.07 Å². The smallest absolute Gasteiger partial charge is 0.262 e. The van der Waals surface area contributed by atoms with Gasteiger partial charge in [-0.25, -0.2) is 4.98 Å². The molecule has 0 fully saturated rings. The van der Waals surface area contributed by atoms with Gasteiger partial charge in [0.15, 0.2) is 6.61 Å². The summed E-state index contributed by atoms with van der Waals surface area (Å²) in [6.45, 7) is -0.0736. The molecule has 0 aliphatic heterocycles. The number of amides is 1. The first-order valence-electron chi connectivity index (χ1n) is 7.41. The molecule has 0 saturated carbocycles. The summed E-state index contributed by atoms with van der Waals surface area (Å²) >= 11 is 2.21. The monoisotopic (exact) mass is 447 g/mol. The molecule has 3 rings (SSSR count). The molecule has 1 heterocycles. The maximum atomic E-state index is 12.0. The average Bonchev–Trinajstić information content (AvgIpc) is 2.62. The van der Waals surface area contributed by atoms with Crippen molar-refractivity contribution in [2.45, 2.75) is 0 Å². The van der Waals surface area contributed by atoms with Crippen molar-refractivity contribution < 1.29 is 14.3 Å². The van der Waals surface area contributed by atoms with E-state index in [1.165, 1.54) is 6.20 Å². The zero-order valence-electron chi connectivity index (χ0n) is 13.1. The molecule has 0 spiro atoms. The standard InChI is InChI=1S/C18H14IN3O3/c19-13-4-6-15(7-5-13)24-12-17(23)22-14-2-1-3-16(10-14)25-18-11-20-8-9-21-18/h1-11H,12H2,(H,22,23). The molecule has 25 heavy (non-hydrogen) atoms. The lowest BCUT2D eigenvalue weighted by molar-refractivity contribution is -0.118. The molecule has 0 aliphatic rings. The van der Waals surface area contributed by atoms with Crippen molar-refractivity contribution in [3.8, 4) is 17.4 Å². The van der Waals surface area contributed by atoms with Gasteiger partial charge in [0.1, 0.15) is 11.5 Å². The fourth-order valence-electron chi connectivity index (χ4n) is 1.97. The van der Waals surface area contributed by atoms with Gasteiger partial charge in [0.2, 0.25) is 5.88 Å². The van der Waals surface area contributed by atoms with Gasteiger partial charge in [0.25, 0.3) is 5.91 Å². The van der Waals surface area contributed by atoms with Crippen LogP contribution in [-0.4, -0.2) is 22.5 Å². The number of ether oxygens (including phenoxy) is 2. The second-order valence-corrected chi connectivity index (χ2v) is 6.21. The van der Waals surface area contributed by atoms with E-state index in [1.807, 2.05) is 24.3 Å². The molecular formula is C18H14IN3O3. The number of nitrogens with one attached hydrogen (secondary N) is 1. The normalized spacial score (nSPS) is 10.1. The number of aromatic nitrogens is 2. The topological polar surface area (TPSA) is 73.3 Å². The maximum absolute atomic E-state index is 12.0. The highest BCUT2D eigenvalue weighted by molar-refractivity contribution is 14.1. The van der Waals surface area contributed by atoms with Gasteiger partial charge in [-0.3, -0.25) is 9.78 Å². The fraction of sp³-hybridized carbons (Fsp3) is 0.0556. The SMILES string of the molecule is O=C(COc1ccc(I)cc1)Nc1cccc(Oc2cnccn2)c1. The molecule has 7 heteroatoms. The highest BCUT2D eigenvalue weighted by Crippen LogP contribution is 2.22. The summed E-state index contributed by atoms with van der Waals surface area (Å²) in [7, 11) is 0. The molecule has 2 aromatic carbocycles. The first-order chi connectivity index (χ1) is 12.2. The van der Waals surface area contributed by atoms with Gasteiger partial charge in [-0.15, -0.1) is 0 Å². The first kappa shape index (κ1) is 17.2. The molecule has 0 aliphatic carbocycles. The van der Waals surface area contributed by atoms with E-state index in [2.05, 4.69) is 37.9 Å². The van der Waals surface area contributed by atoms with E-state index in [9.17, 15) is 4.79 Å². The highest BCUT2D eigenvalue weighted by atomic mass is 127. The number of carbonyl (C=O) groups excluding carboxylic acids is 1. The summed E-state index contributed by atoms with van der Waals surface area (Å²) in [6, 6.07) is 14.5. The van der Waals surface area contributed by atoms with Crippen LogP contribution < -0.4 is 14.8 Å². The maximum Gasteiger partial charge on any atom is 0.262 e. The minimum absolute atomic E-state index is 0.0736. The summed E-state index contributed by atoms with van der Waals surface area (Å²) in [6.07, 6.45) is 4.63. The number of anilines is 1. The number of hydrogen-bond acceptors (Lipinski definition) is 5. The Bertz CT molecular complexity index is 842. The molecule has 126 valence electrons. The first-order valence-corrected chi connectivity index (χ1v) is 8.49. The summed E-state index contributed by atoms with van der Waals surface area (Å²) in [4.78, 5) is 20.0. The van der Waals surface area contributed by atoms with Crippen molar-refractivity contribution >= 4 is 34.2 Å². The molecule has 6 nitrogen and oxygen atoms in total. The largest absolute Gasteiger partial charge is 0.484 e. The predicted molar refractivity (Wildman–Crippen MR) is 102 cm³/mol. The third kappa shape index (κ3) is 5.42. The molecule has 0 atom stereocenters. The molecule has 0 radical (unpaired) electrons. The Balaban J connectivity index is 1.56. The molecule has 3 aromatic rings.